The minimum Gasteiger partial charge on any atom is -0.361 e. The first-order valence-corrected chi connectivity index (χ1v) is 6.57. The molecule has 0 aliphatic heterocycles. The van der Waals surface area contributed by atoms with Crippen molar-refractivity contribution in [2.24, 2.45) is 0 Å². The molecule has 0 spiro atoms. The van der Waals surface area contributed by atoms with Crippen molar-refractivity contribution in [3.05, 3.63) is 36.0 Å². The molecule has 0 saturated carbocycles. The topological polar surface area (TPSA) is 56.9 Å². The zero-order valence-corrected chi connectivity index (χ0v) is 11.7. The summed E-state index contributed by atoms with van der Waals surface area (Å²) in [6.45, 7) is 4.38. The molecule has 0 atom stereocenters. The van der Waals surface area contributed by atoms with Gasteiger partial charge in [0, 0.05) is 23.6 Å². The summed E-state index contributed by atoms with van der Waals surface area (Å²) in [6, 6.07) is 8.20. The Labute approximate surface area is 113 Å². The first-order chi connectivity index (χ1) is 9.04. The Morgan fingerprint density at radius 1 is 1.32 bits per heavy atom. The fourth-order valence-electron chi connectivity index (χ4n) is 1.98. The number of hydrogen-bond acceptors (Lipinski definition) is 2. The molecule has 102 valence electrons. The molecular weight excluding hydrogens is 238 g/mol. The number of carbonyl (C=O) groups excluding carboxylic acids is 1. The van der Waals surface area contributed by atoms with Gasteiger partial charge in [-0.2, -0.15) is 0 Å². The molecule has 1 aromatic carbocycles. The number of carbonyl (C=O) groups is 1. The lowest BCUT2D eigenvalue weighted by molar-refractivity contribution is -0.126. The van der Waals surface area contributed by atoms with Crippen LogP contribution in [0.15, 0.2) is 30.5 Å². The number of H-pyrrole nitrogens is 1. The van der Waals surface area contributed by atoms with Crippen LogP contribution < -0.4 is 10.6 Å². The van der Waals surface area contributed by atoms with E-state index >= 15 is 0 Å². The summed E-state index contributed by atoms with van der Waals surface area (Å²) in [6.07, 6.45) is 2.84. The highest BCUT2D eigenvalue weighted by atomic mass is 16.2. The smallest absolute Gasteiger partial charge is 0.239 e. The molecule has 0 unspecified atom stereocenters. The van der Waals surface area contributed by atoms with Gasteiger partial charge in [0.1, 0.15) is 0 Å². The van der Waals surface area contributed by atoms with Crippen LogP contribution >= 0.6 is 0 Å². The predicted octanol–water partition coefficient (Wildman–Crippen LogP) is 1.82. The number of fused-ring (bicyclic) bond motifs is 1. The molecule has 1 amide bonds. The molecule has 0 saturated heterocycles. The first-order valence-electron chi connectivity index (χ1n) is 6.57. The monoisotopic (exact) mass is 259 g/mol. The second-order valence-electron chi connectivity index (χ2n) is 5.24. The predicted molar refractivity (Wildman–Crippen MR) is 78.2 cm³/mol. The third-order valence-corrected chi connectivity index (χ3v) is 3.55. The van der Waals surface area contributed by atoms with Crippen molar-refractivity contribution < 1.29 is 4.79 Å². The Hall–Kier alpha value is -1.81. The molecular formula is C15H21N3O. The summed E-state index contributed by atoms with van der Waals surface area (Å²) in [5, 5.41) is 7.18. The van der Waals surface area contributed by atoms with Gasteiger partial charge >= 0.3 is 0 Å². The summed E-state index contributed by atoms with van der Waals surface area (Å²) in [5.41, 5.74) is 1.85. The number of hydrogen-bond donors (Lipinski definition) is 3. The maximum absolute atomic E-state index is 11.9. The third-order valence-electron chi connectivity index (χ3n) is 3.55. The van der Waals surface area contributed by atoms with Crippen molar-refractivity contribution >= 4 is 16.8 Å². The highest BCUT2D eigenvalue weighted by molar-refractivity contribution is 5.85. The van der Waals surface area contributed by atoms with Gasteiger partial charge in [0.15, 0.2) is 0 Å². The molecule has 0 bridgehead atoms. The fourth-order valence-corrected chi connectivity index (χ4v) is 1.98. The molecule has 0 fully saturated rings. The number of aromatic amines is 1. The van der Waals surface area contributed by atoms with Crippen molar-refractivity contribution in [2.45, 2.75) is 25.8 Å². The molecule has 0 aliphatic carbocycles. The molecule has 4 nitrogen and oxygen atoms in total. The molecule has 2 aromatic rings. The number of rotatable bonds is 5. The van der Waals surface area contributed by atoms with Crippen molar-refractivity contribution in [1.82, 2.24) is 15.6 Å². The van der Waals surface area contributed by atoms with Gasteiger partial charge < -0.3 is 15.6 Å². The molecule has 1 aromatic heterocycles. The van der Waals surface area contributed by atoms with E-state index in [1.165, 1.54) is 10.9 Å². The maximum atomic E-state index is 11.9. The summed E-state index contributed by atoms with van der Waals surface area (Å²) in [5.74, 6) is 0.0230. The molecule has 2 rings (SSSR count). The summed E-state index contributed by atoms with van der Waals surface area (Å²) in [4.78, 5) is 15.1. The van der Waals surface area contributed by atoms with E-state index in [1.807, 2.05) is 32.2 Å². The maximum Gasteiger partial charge on any atom is 0.239 e. The molecule has 0 radical (unpaired) electrons. The summed E-state index contributed by atoms with van der Waals surface area (Å²) >= 11 is 0. The minimum absolute atomic E-state index is 0.0230. The van der Waals surface area contributed by atoms with Crippen LogP contribution in [0.1, 0.15) is 19.4 Å². The molecule has 0 aliphatic rings. The fraction of sp³-hybridized carbons (Fsp3) is 0.400. The number of aromatic nitrogens is 1. The van der Waals surface area contributed by atoms with E-state index in [0.717, 1.165) is 11.9 Å². The van der Waals surface area contributed by atoms with Gasteiger partial charge in [0.05, 0.1) is 5.54 Å². The van der Waals surface area contributed by atoms with Gasteiger partial charge in [-0.25, -0.2) is 0 Å². The van der Waals surface area contributed by atoms with Crippen LogP contribution in [0.25, 0.3) is 10.9 Å². The first kappa shape index (κ1) is 13.6. The standard InChI is InChI=1S/C15H21N3O/c1-15(2,16-3)14(19)17-9-8-11-10-18-13-7-5-4-6-12(11)13/h4-7,10,16,18H,8-9H2,1-3H3,(H,17,19). The van der Waals surface area contributed by atoms with Gasteiger partial charge in [-0.3, -0.25) is 4.79 Å². The second-order valence-corrected chi connectivity index (χ2v) is 5.24. The number of amides is 1. The van der Waals surface area contributed by atoms with E-state index in [4.69, 9.17) is 0 Å². The second kappa shape index (κ2) is 5.45. The van der Waals surface area contributed by atoms with Crippen molar-refractivity contribution in [3.63, 3.8) is 0 Å². The van der Waals surface area contributed by atoms with Gasteiger partial charge in [0.2, 0.25) is 5.91 Å². The highest BCUT2D eigenvalue weighted by Crippen LogP contribution is 2.17. The van der Waals surface area contributed by atoms with Crippen LogP contribution in [0.3, 0.4) is 0 Å². The van der Waals surface area contributed by atoms with Gasteiger partial charge in [-0.05, 0) is 38.9 Å². The van der Waals surface area contributed by atoms with E-state index in [1.54, 1.807) is 7.05 Å². The largest absolute Gasteiger partial charge is 0.361 e. The normalized spacial score (nSPS) is 11.7. The SMILES string of the molecule is CNC(C)(C)C(=O)NCCc1c[nH]c2ccccc12. The Kier molecular flexibility index (Phi) is 3.90. The zero-order valence-electron chi connectivity index (χ0n) is 11.7. The van der Waals surface area contributed by atoms with Crippen LogP contribution in [0.4, 0.5) is 0 Å². The average Bonchev–Trinajstić information content (AvgIpc) is 2.82. The van der Waals surface area contributed by atoms with Crippen LogP contribution in [0.2, 0.25) is 0 Å². The molecule has 19 heavy (non-hydrogen) atoms. The lowest BCUT2D eigenvalue weighted by Gasteiger charge is -2.22. The highest BCUT2D eigenvalue weighted by Gasteiger charge is 2.24. The van der Waals surface area contributed by atoms with E-state index in [2.05, 4.69) is 27.8 Å². The quantitative estimate of drug-likeness (QED) is 0.767. The Balaban J connectivity index is 1.95. The van der Waals surface area contributed by atoms with Crippen LogP contribution in [-0.2, 0) is 11.2 Å². The summed E-state index contributed by atoms with van der Waals surface area (Å²) in [7, 11) is 1.79. The van der Waals surface area contributed by atoms with E-state index in [-0.39, 0.29) is 5.91 Å². The summed E-state index contributed by atoms with van der Waals surface area (Å²) < 4.78 is 0. The van der Waals surface area contributed by atoms with E-state index in [9.17, 15) is 4.79 Å². The van der Waals surface area contributed by atoms with Crippen LogP contribution in [0.5, 0.6) is 0 Å². The van der Waals surface area contributed by atoms with Crippen molar-refractivity contribution in [2.75, 3.05) is 13.6 Å². The average molecular weight is 259 g/mol. The number of benzene rings is 1. The number of likely N-dealkylation sites (N-methyl/N-ethyl adjacent to an activating group) is 1. The van der Waals surface area contributed by atoms with Crippen molar-refractivity contribution in [1.29, 1.82) is 0 Å². The lowest BCUT2D eigenvalue weighted by atomic mass is 10.0. The minimum atomic E-state index is -0.528. The Bertz CT molecular complexity index is 572. The van der Waals surface area contributed by atoms with Gasteiger partial charge in [-0.15, -0.1) is 0 Å². The third kappa shape index (κ3) is 2.96. The Morgan fingerprint density at radius 2 is 2.05 bits per heavy atom. The number of para-hydroxylation sites is 1. The lowest BCUT2D eigenvalue weighted by Crippen LogP contribution is -2.51. The molecule has 3 N–H and O–H groups in total. The zero-order chi connectivity index (χ0) is 13.9. The number of nitrogens with one attached hydrogen (secondary N) is 3. The van der Waals surface area contributed by atoms with Gasteiger partial charge in [0.25, 0.3) is 0 Å². The van der Waals surface area contributed by atoms with E-state index < -0.39 is 5.54 Å². The van der Waals surface area contributed by atoms with Crippen molar-refractivity contribution in [3.8, 4) is 0 Å². The van der Waals surface area contributed by atoms with Crippen LogP contribution in [-0.4, -0.2) is 30.0 Å². The molecule has 1 heterocycles. The van der Waals surface area contributed by atoms with E-state index in [0.29, 0.717) is 6.54 Å². The van der Waals surface area contributed by atoms with Crippen LogP contribution in [0, 0.1) is 0 Å². The molecule has 4 heteroatoms. The van der Waals surface area contributed by atoms with Gasteiger partial charge in [-0.1, -0.05) is 18.2 Å². The Morgan fingerprint density at radius 3 is 2.79 bits per heavy atom.